The standard InChI is InChI=1S/C2H4BF3.K/c1-2-3(4,5)6;/h2H,1H3;/q-1;+1. The zero-order valence-electron chi connectivity index (χ0n) is 4.29. The van der Waals surface area contributed by atoms with E-state index in [2.05, 4.69) is 0 Å². The van der Waals surface area contributed by atoms with Crippen molar-refractivity contribution in [2.24, 2.45) is 0 Å². The second kappa shape index (κ2) is 4.38. The van der Waals surface area contributed by atoms with Gasteiger partial charge < -0.3 is 12.9 Å². The van der Waals surface area contributed by atoms with Gasteiger partial charge in [0.1, 0.15) is 0 Å². The summed E-state index contributed by atoms with van der Waals surface area (Å²) in [5.41, 5.74) is 0. The minimum atomic E-state index is -4.61. The fraction of sp³-hybridized carbons (Fsp3) is 0.500. The van der Waals surface area contributed by atoms with Gasteiger partial charge in [-0.05, 0) is 0 Å². The van der Waals surface area contributed by atoms with Crippen LogP contribution in [0.1, 0.15) is 6.92 Å². The molecule has 0 amide bonds. The molecule has 0 atom stereocenters. The van der Waals surface area contributed by atoms with Crippen molar-refractivity contribution in [2.45, 2.75) is 6.92 Å². The van der Waals surface area contributed by atoms with Gasteiger partial charge >= 0.3 is 58.4 Å². The Kier molecular flexibility index (Phi) is 7.07. The predicted octanol–water partition coefficient (Wildman–Crippen LogP) is -1.40. The van der Waals surface area contributed by atoms with Crippen LogP contribution in [0.25, 0.3) is 0 Å². The first-order valence-corrected chi connectivity index (χ1v) is 1.57. The van der Waals surface area contributed by atoms with Gasteiger partial charge in [-0.25, -0.2) is 0 Å². The van der Waals surface area contributed by atoms with E-state index in [4.69, 9.17) is 0 Å². The first-order valence-electron chi connectivity index (χ1n) is 1.57. The molecule has 1 radical (unpaired) electrons. The van der Waals surface area contributed by atoms with Gasteiger partial charge in [0.05, 0.1) is 0 Å². The van der Waals surface area contributed by atoms with Gasteiger partial charge in [-0.3, -0.25) is 0 Å². The third kappa shape index (κ3) is 11.2. The maximum Gasteiger partial charge on any atom is 1.00 e. The Morgan fingerprint density at radius 1 is 1.29 bits per heavy atom. The molecular formula is C2H4BF3K. The number of hydrogen-bond donors (Lipinski definition) is 0. The summed E-state index contributed by atoms with van der Waals surface area (Å²) in [6.07, 6.45) is 0.250. The van der Waals surface area contributed by atoms with Crippen molar-refractivity contribution in [1.29, 1.82) is 0 Å². The largest absolute Gasteiger partial charge is 1.00 e. The van der Waals surface area contributed by atoms with E-state index in [1.165, 1.54) is 0 Å². The molecule has 0 aliphatic heterocycles. The molecule has 0 aliphatic carbocycles. The Bertz CT molecular complexity index is 42.7. The molecule has 0 aromatic carbocycles. The summed E-state index contributed by atoms with van der Waals surface area (Å²) in [7, 11) is 0. The maximum absolute atomic E-state index is 10.8. The normalized spacial score (nSPS) is 10.3. The van der Waals surface area contributed by atoms with Gasteiger partial charge in [-0.2, -0.15) is 0 Å². The summed E-state index contributed by atoms with van der Waals surface area (Å²) >= 11 is 0. The Hall–Kier alpha value is 1.49. The van der Waals surface area contributed by atoms with E-state index in [0.29, 0.717) is 0 Å². The van der Waals surface area contributed by atoms with Crippen molar-refractivity contribution in [3.05, 3.63) is 6.32 Å². The van der Waals surface area contributed by atoms with Crippen LogP contribution in [0.4, 0.5) is 12.9 Å². The fourth-order valence-corrected chi connectivity index (χ4v) is 0. The quantitative estimate of drug-likeness (QED) is 0.388. The summed E-state index contributed by atoms with van der Waals surface area (Å²) in [4.78, 5) is 0. The molecule has 0 fully saturated rings. The van der Waals surface area contributed by atoms with E-state index in [1.807, 2.05) is 0 Å². The van der Waals surface area contributed by atoms with Crippen molar-refractivity contribution >= 4 is 6.98 Å². The molecule has 0 heterocycles. The van der Waals surface area contributed by atoms with Crippen LogP contribution in [-0.4, -0.2) is 6.98 Å². The summed E-state index contributed by atoms with van der Waals surface area (Å²) in [5.74, 6) is 0. The molecule has 0 aromatic rings. The average molecular weight is 135 g/mol. The topological polar surface area (TPSA) is 0 Å². The summed E-state index contributed by atoms with van der Waals surface area (Å²) in [6.45, 7) is -3.62. The molecule has 0 N–H and O–H groups in total. The van der Waals surface area contributed by atoms with E-state index < -0.39 is 6.98 Å². The molecule has 0 saturated carbocycles. The van der Waals surface area contributed by atoms with Crippen molar-refractivity contribution in [3.63, 3.8) is 0 Å². The van der Waals surface area contributed by atoms with Crippen molar-refractivity contribution in [1.82, 2.24) is 0 Å². The van der Waals surface area contributed by atoms with E-state index in [0.717, 1.165) is 6.92 Å². The molecule has 0 nitrogen and oxygen atoms in total. The molecule has 0 bridgehead atoms. The average Bonchev–Trinajstić information content (AvgIpc) is 1.35. The number of rotatable bonds is 1. The molecule has 0 unspecified atom stereocenters. The van der Waals surface area contributed by atoms with E-state index in [-0.39, 0.29) is 57.7 Å². The van der Waals surface area contributed by atoms with Crippen LogP contribution in [0.15, 0.2) is 0 Å². The molecule has 0 saturated heterocycles. The van der Waals surface area contributed by atoms with Gasteiger partial charge in [0.25, 0.3) is 0 Å². The van der Waals surface area contributed by atoms with E-state index in [9.17, 15) is 12.9 Å². The van der Waals surface area contributed by atoms with Gasteiger partial charge in [0.15, 0.2) is 0 Å². The van der Waals surface area contributed by atoms with Gasteiger partial charge in [0, 0.05) is 0 Å². The van der Waals surface area contributed by atoms with Crippen LogP contribution in [0.5, 0.6) is 0 Å². The van der Waals surface area contributed by atoms with E-state index in [1.54, 1.807) is 0 Å². The van der Waals surface area contributed by atoms with Crippen LogP contribution in [0, 0.1) is 6.32 Å². The third-order valence-electron chi connectivity index (χ3n) is 0.378. The zero-order chi connectivity index (χ0) is 5.21. The fourth-order valence-electron chi connectivity index (χ4n) is 0. The third-order valence-corrected chi connectivity index (χ3v) is 0.378. The first kappa shape index (κ1) is 11.3. The number of halogens is 3. The minimum Gasteiger partial charge on any atom is -0.449 e. The van der Waals surface area contributed by atoms with Crippen LogP contribution in [0.3, 0.4) is 0 Å². The predicted molar refractivity (Wildman–Crippen MR) is 19.1 cm³/mol. The van der Waals surface area contributed by atoms with Crippen LogP contribution < -0.4 is 51.4 Å². The van der Waals surface area contributed by atoms with E-state index >= 15 is 0 Å². The molecular weight excluding hydrogens is 131 g/mol. The monoisotopic (exact) mass is 135 g/mol. The van der Waals surface area contributed by atoms with Gasteiger partial charge in [-0.1, -0.05) is 13.2 Å². The molecule has 37 valence electrons. The molecule has 0 aromatic heterocycles. The first-order chi connectivity index (χ1) is 2.56. The SMILES string of the molecule is C[CH][B-](F)(F)F.[K+]. The Morgan fingerprint density at radius 3 is 1.43 bits per heavy atom. The smallest absolute Gasteiger partial charge is 0.449 e. The van der Waals surface area contributed by atoms with Crippen LogP contribution in [0.2, 0.25) is 0 Å². The van der Waals surface area contributed by atoms with Gasteiger partial charge in [-0.15, -0.1) is 0 Å². The molecule has 7 heavy (non-hydrogen) atoms. The molecule has 0 rings (SSSR count). The van der Waals surface area contributed by atoms with Gasteiger partial charge in [0.2, 0.25) is 0 Å². The van der Waals surface area contributed by atoms with Crippen LogP contribution in [-0.2, 0) is 0 Å². The molecule has 5 heteroatoms. The van der Waals surface area contributed by atoms with Crippen LogP contribution >= 0.6 is 0 Å². The minimum absolute atomic E-state index is 0. The Morgan fingerprint density at radius 2 is 1.43 bits per heavy atom. The second-order valence-electron chi connectivity index (χ2n) is 0.959. The van der Waals surface area contributed by atoms with Crippen molar-refractivity contribution < 1.29 is 64.3 Å². The Labute approximate surface area is 83.3 Å². The molecule has 0 aliphatic rings. The maximum atomic E-state index is 10.8. The molecule has 0 spiro atoms. The number of hydrogen-bond acceptors (Lipinski definition) is 0. The summed E-state index contributed by atoms with van der Waals surface area (Å²) in [6, 6.07) is 0. The summed E-state index contributed by atoms with van der Waals surface area (Å²) < 4.78 is 32.4. The zero-order valence-corrected chi connectivity index (χ0v) is 7.41. The van der Waals surface area contributed by atoms with Crippen molar-refractivity contribution in [2.75, 3.05) is 0 Å². The second-order valence-corrected chi connectivity index (χ2v) is 0.959. The Balaban J connectivity index is 0. The van der Waals surface area contributed by atoms with Crippen molar-refractivity contribution in [3.8, 4) is 0 Å². The summed E-state index contributed by atoms with van der Waals surface area (Å²) in [5, 5.41) is 0.